The number of amides is 2. The van der Waals surface area contributed by atoms with Gasteiger partial charge in [0.05, 0.1) is 12.5 Å². The number of hydrogen-bond acceptors (Lipinski definition) is 3. The van der Waals surface area contributed by atoms with Crippen molar-refractivity contribution in [1.82, 2.24) is 5.32 Å². The fourth-order valence-corrected chi connectivity index (χ4v) is 2.29. The molecule has 108 valence electrons. The van der Waals surface area contributed by atoms with E-state index >= 15 is 0 Å². The van der Waals surface area contributed by atoms with Crippen LogP contribution < -0.4 is 10.6 Å². The van der Waals surface area contributed by atoms with Crippen LogP contribution >= 0.6 is 11.8 Å². The summed E-state index contributed by atoms with van der Waals surface area (Å²) in [4.78, 5) is 11.7. The second kappa shape index (κ2) is 8.49. The normalized spacial score (nSPS) is 11.8. The molecule has 0 bridgehead atoms. The van der Waals surface area contributed by atoms with Gasteiger partial charge in [0.15, 0.2) is 0 Å². The van der Waals surface area contributed by atoms with Gasteiger partial charge in [-0.3, -0.25) is 0 Å². The molecule has 0 aliphatic carbocycles. The van der Waals surface area contributed by atoms with Gasteiger partial charge in [-0.15, -0.1) is 0 Å². The molecule has 2 N–H and O–H groups in total. The summed E-state index contributed by atoms with van der Waals surface area (Å²) in [6, 6.07) is 9.42. The van der Waals surface area contributed by atoms with Crippen molar-refractivity contribution in [2.45, 2.75) is 44.2 Å². The maximum atomic E-state index is 11.7. The van der Waals surface area contributed by atoms with Gasteiger partial charge < -0.3 is 10.6 Å². The summed E-state index contributed by atoms with van der Waals surface area (Å²) >= 11 is 1.86. The highest BCUT2D eigenvalue weighted by Gasteiger charge is 2.07. The molecule has 0 aromatic heterocycles. The van der Waals surface area contributed by atoms with E-state index in [0.29, 0.717) is 11.7 Å². The predicted molar refractivity (Wildman–Crippen MR) is 84.7 cm³/mol. The van der Waals surface area contributed by atoms with E-state index in [1.54, 1.807) is 6.92 Å². The highest BCUT2D eigenvalue weighted by atomic mass is 32.2. The van der Waals surface area contributed by atoms with E-state index in [1.165, 1.54) is 5.56 Å². The lowest BCUT2D eigenvalue weighted by molar-refractivity contribution is 0.249. The summed E-state index contributed by atoms with van der Waals surface area (Å²) in [5, 5.41) is 14.7. The molecule has 0 fully saturated rings. The number of carbonyl (C=O) groups excluding carboxylic acids is 1. The molecule has 1 aromatic rings. The molecule has 1 unspecified atom stereocenters. The molecule has 1 aromatic carbocycles. The summed E-state index contributed by atoms with van der Waals surface area (Å²) < 4.78 is 0. The highest BCUT2D eigenvalue weighted by molar-refractivity contribution is 7.99. The lowest BCUT2D eigenvalue weighted by Gasteiger charge is -2.12. The summed E-state index contributed by atoms with van der Waals surface area (Å²) in [6.07, 6.45) is 0.304. The van der Waals surface area contributed by atoms with E-state index in [1.807, 2.05) is 36.0 Å². The zero-order valence-electron chi connectivity index (χ0n) is 12.1. The van der Waals surface area contributed by atoms with Gasteiger partial charge in [-0.05, 0) is 29.9 Å². The smallest absolute Gasteiger partial charge is 0.319 e. The van der Waals surface area contributed by atoms with Crippen molar-refractivity contribution in [2.75, 3.05) is 5.32 Å². The van der Waals surface area contributed by atoms with Crippen LogP contribution in [0.25, 0.3) is 0 Å². The molecule has 1 atom stereocenters. The lowest BCUT2D eigenvalue weighted by atomic mass is 10.2. The molecule has 4 nitrogen and oxygen atoms in total. The van der Waals surface area contributed by atoms with Gasteiger partial charge >= 0.3 is 6.03 Å². The van der Waals surface area contributed by atoms with Crippen LogP contribution in [-0.2, 0) is 5.75 Å². The van der Waals surface area contributed by atoms with Crippen molar-refractivity contribution in [3.8, 4) is 6.07 Å². The van der Waals surface area contributed by atoms with E-state index in [4.69, 9.17) is 5.26 Å². The number of urea groups is 1. The summed E-state index contributed by atoms with van der Waals surface area (Å²) in [5.41, 5.74) is 1.96. The van der Waals surface area contributed by atoms with Crippen LogP contribution in [0.15, 0.2) is 24.3 Å². The largest absolute Gasteiger partial charge is 0.334 e. The molecule has 0 radical (unpaired) electrons. The minimum Gasteiger partial charge on any atom is -0.334 e. The summed E-state index contributed by atoms with van der Waals surface area (Å²) in [6.45, 7) is 6.13. The molecule has 0 aliphatic heterocycles. The Morgan fingerprint density at radius 1 is 1.40 bits per heavy atom. The number of nitriles is 1. The van der Waals surface area contributed by atoms with Gasteiger partial charge in [-0.1, -0.05) is 26.0 Å². The molecular formula is C15H21N3OS. The first-order valence-electron chi connectivity index (χ1n) is 6.66. The van der Waals surface area contributed by atoms with Crippen LogP contribution in [0.3, 0.4) is 0 Å². The Hall–Kier alpha value is -1.67. The van der Waals surface area contributed by atoms with Crippen LogP contribution in [-0.4, -0.2) is 17.3 Å². The van der Waals surface area contributed by atoms with E-state index in [9.17, 15) is 4.79 Å². The molecule has 0 aliphatic rings. The number of hydrogen-bond donors (Lipinski definition) is 2. The third-order valence-electron chi connectivity index (χ3n) is 2.54. The first kappa shape index (κ1) is 16.4. The molecular weight excluding hydrogens is 270 g/mol. The monoisotopic (exact) mass is 291 g/mol. The first-order chi connectivity index (χ1) is 9.51. The Kier molecular flexibility index (Phi) is 6.96. The number of benzene rings is 1. The van der Waals surface area contributed by atoms with Gasteiger partial charge in [0.1, 0.15) is 0 Å². The van der Waals surface area contributed by atoms with E-state index < -0.39 is 0 Å². The predicted octanol–water partition coefficient (Wildman–Crippen LogP) is 3.75. The SMILES string of the molecule is CC(CC#N)NC(=O)Nc1cccc(CSC(C)C)c1. The zero-order chi connectivity index (χ0) is 15.0. The molecule has 0 spiro atoms. The molecule has 0 heterocycles. The average molecular weight is 291 g/mol. The number of anilines is 1. The Labute approximate surface area is 124 Å². The standard InChI is InChI=1S/C15H21N3OS/c1-11(2)20-10-13-5-4-6-14(9-13)18-15(19)17-12(3)7-8-16/h4-6,9,11-12H,7,10H2,1-3H3,(H2,17,18,19). The Bertz CT molecular complexity index is 482. The van der Waals surface area contributed by atoms with Crippen LogP contribution in [0.1, 0.15) is 32.8 Å². The first-order valence-corrected chi connectivity index (χ1v) is 7.71. The van der Waals surface area contributed by atoms with Gasteiger partial charge in [0.25, 0.3) is 0 Å². The Morgan fingerprint density at radius 3 is 2.80 bits per heavy atom. The van der Waals surface area contributed by atoms with E-state index in [0.717, 1.165) is 11.4 Å². The minimum absolute atomic E-state index is 0.153. The van der Waals surface area contributed by atoms with Crippen molar-refractivity contribution >= 4 is 23.5 Å². The van der Waals surface area contributed by atoms with Gasteiger partial charge in [0.2, 0.25) is 0 Å². The molecule has 2 amide bonds. The quantitative estimate of drug-likeness (QED) is 0.839. The van der Waals surface area contributed by atoms with Crippen LogP contribution in [0.2, 0.25) is 0 Å². The van der Waals surface area contributed by atoms with Crippen LogP contribution in [0.5, 0.6) is 0 Å². The van der Waals surface area contributed by atoms with Gasteiger partial charge in [-0.25, -0.2) is 4.79 Å². The number of thioether (sulfide) groups is 1. The van der Waals surface area contributed by atoms with Crippen molar-refractivity contribution in [3.63, 3.8) is 0 Å². The zero-order valence-corrected chi connectivity index (χ0v) is 13.0. The molecule has 0 saturated carbocycles. The van der Waals surface area contributed by atoms with Crippen molar-refractivity contribution < 1.29 is 4.79 Å². The molecule has 5 heteroatoms. The summed E-state index contributed by atoms with van der Waals surface area (Å²) in [7, 11) is 0. The number of nitrogens with zero attached hydrogens (tertiary/aromatic N) is 1. The van der Waals surface area contributed by atoms with Crippen molar-refractivity contribution in [3.05, 3.63) is 29.8 Å². The van der Waals surface area contributed by atoms with Crippen LogP contribution in [0.4, 0.5) is 10.5 Å². The summed E-state index contributed by atoms with van der Waals surface area (Å²) in [5.74, 6) is 0.930. The highest BCUT2D eigenvalue weighted by Crippen LogP contribution is 2.19. The fourth-order valence-electron chi connectivity index (χ4n) is 1.58. The topological polar surface area (TPSA) is 64.9 Å². The molecule has 20 heavy (non-hydrogen) atoms. The Balaban J connectivity index is 2.53. The van der Waals surface area contributed by atoms with Gasteiger partial charge in [-0.2, -0.15) is 17.0 Å². The second-order valence-corrected chi connectivity index (χ2v) is 6.49. The fraction of sp³-hybridized carbons (Fsp3) is 0.467. The second-order valence-electron chi connectivity index (χ2n) is 4.92. The number of nitrogens with one attached hydrogen (secondary N) is 2. The average Bonchev–Trinajstić information content (AvgIpc) is 2.36. The maximum absolute atomic E-state index is 11.7. The molecule has 0 saturated heterocycles. The third kappa shape index (κ3) is 6.48. The van der Waals surface area contributed by atoms with Gasteiger partial charge in [0, 0.05) is 17.5 Å². The Morgan fingerprint density at radius 2 is 2.15 bits per heavy atom. The number of rotatable bonds is 6. The van der Waals surface area contributed by atoms with E-state index in [-0.39, 0.29) is 12.1 Å². The third-order valence-corrected chi connectivity index (χ3v) is 3.71. The molecule has 1 rings (SSSR count). The van der Waals surface area contributed by atoms with Crippen LogP contribution in [0, 0.1) is 11.3 Å². The maximum Gasteiger partial charge on any atom is 0.319 e. The lowest BCUT2D eigenvalue weighted by Crippen LogP contribution is -2.35. The minimum atomic E-state index is -0.276. The van der Waals surface area contributed by atoms with Crippen molar-refractivity contribution in [2.24, 2.45) is 0 Å². The number of carbonyl (C=O) groups is 1. The van der Waals surface area contributed by atoms with E-state index in [2.05, 4.69) is 30.5 Å². The van der Waals surface area contributed by atoms with Crippen molar-refractivity contribution in [1.29, 1.82) is 5.26 Å².